The van der Waals surface area contributed by atoms with Crippen LogP contribution in [0.3, 0.4) is 0 Å². The van der Waals surface area contributed by atoms with Crippen LogP contribution in [-0.4, -0.2) is 55.7 Å². The molecule has 45 heavy (non-hydrogen) atoms. The standard InChI is InChI=1S/C37H63NO6S/c1-32(2,23-30(39)40)24-31(41)44-29-15-17-34(5)27(33(29,3)4)14-18-36(7)28(34)13-12-25-26-11-10-16-37(26,20-19-35(25,36)6)21-22-38(8)45(9,42)43/h25-29H,10-24H2,1-9H3,(H,39,40)/t25-,26-,27?,28?,29+,34+,35-,36-,37-/m1/s1. The summed E-state index contributed by atoms with van der Waals surface area (Å²) in [5, 5.41) is 9.28. The lowest BCUT2D eigenvalue weighted by Gasteiger charge is -2.72. The summed E-state index contributed by atoms with van der Waals surface area (Å²) in [5.74, 6) is 1.37. The van der Waals surface area contributed by atoms with Gasteiger partial charge in [-0.15, -0.1) is 0 Å². The summed E-state index contributed by atoms with van der Waals surface area (Å²) in [5.41, 5.74) is 0.262. The monoisotopic (exact) mass is 649 g/mol. The second kappa shape index (κ2) is 11.5. The Bertz CT molecular complexity index is 1280. The first-order chi connectivity index (χ1) is 20.6. The van der Waals surface area contributed by atoms with E-state index in [2.05, 4.69) is 34.6 Å². The van der Waals surface area contributed by atoms with Crippen LogP contribution in [0.25, 0.3) is 0 Å². The van der Waals surface area contributed by atoms with Crippen molar-refractivity contribution in [2.75, 3.05) is 19.8 Å². The van der Waals surface area contributed by atoms with Crippen molar-refractivity contribution in [3.05, 3.63) is 0 Å². The second-order valence-electron chi connectivity index (χ2n) is 18.6. The average Bonchev–Trinajstić information content (AvgIpc) is 3.32. The summed E-state index contributed by atoms with van der Waals surface area (Å²) in [6.45, 7) is 16.8. The maximum Gasteiger partial charge on any atom is 0.306 e. The van der Waals surface area contributed by atoms with Gasteiger partial charge >= 0.3 is 11.9 Å². The van der Waals surface area contributed by atoms with Gasteiger partial charge in [0.2, 0.25) is 10.0 Å². The molecule has 5 aliphatic carbocycles. The zero-order chi connectivity index (χ0) is 33.4. The highest BCUT2D eigenvalue weighted by molar-refractivity contribution is 7.88. The summed E-state index contributed by atoms with van der Waals surface area (Å²) in [4.78, 5) is 24.4. The molecule has 2 unspecified atom stereocenters. The van der Waals surface area contributed by atoms with E-state index in [0.29, 0.717) is 30.2 Å². The van der Waals surface area contributed by atoms with Crippen LogP contribution in [0.15, 0.2) is 0 Å². The van der Waals surface area contributed by atoms with Gasteiger partial charge in [0.25, 0.3) is 0 Å². The van der Waals surface area contributed by atoms with E-state index in [-0.39, 0.29) is 52.0 Å². The molecule has 0 radical (unpaired) electrons. The molecule has 8 heteroatoms. The van der Waals surface area contributed by atoms with Crippen LogP contribution in [0, 0.1) is 56.2 Å². The Morgan fingerprint density at radius 1 is 0.844 bits per heavy atom. The number of hydrogen-bond acceptors (Lipinski definition) is 5. The molecule has 7 nitrogen and oxygen atoms in total. The molecule has 5 rings (SSSR count). The molecule has 0 amide bonds. The number of esters is 1. The van der Waals surface area contributed by atoms with Crippen LogP contribution in [0.4, 0.5) is 0 Å². The minimum Gasteiger partial charge on any atom is -0.481 e. The Labute approximate surface area is 274 Å². The second-order valence-corrected chi connectivity index (χ2v) is 20.7. The number of carbonyl (C=O) groups is 2. The minimum absolute atomic E-state index is 0.0451. The third-order valence-electron chi connectivity index (χ3n) is 15.5. The van der Waals surface area contributed by atoms with Crippen LogP contribution in [0.1, 0.15) is 138 Å². The first-order valence-corrected chi connectivity index (χ1v) is 19.8. The Morgan fingerprint density at radius 3 is 2.18 bits per heavy atom. The zero-order valence-electron chi connectivity index (χ0n) is 29.8. The number of carboxylic acid groups (broad SMARTS) is 1. The van der Waals surface area contributed by atoms with Crippen molar-refractivity contribution in [2.45, 2.75) is 144 Å². The normalized spacial score (nSPS) is 42.7. The first-order valence-electron chi connectivity index (χ1n) is 17.9. The number of nitrogens with zero attached hydrogens (tertiary/aromatic N) is 1. The Hall–Kier alpha value is -1.15. The molecule has 1 N–H and O–H groups in total. The summed E-state index contributed by atoms with van der Waals surface area (Å²) < 4.78 is 32.2. The van der Waals surface area contributed by atoms with Crippen molar-refractivity contribution < 1.29 is 27.9 Å². The number of hydrogen-bond donors (Lipinski definition) is 1. The van der Waals surface area contributed by atoms with E-state index in [1.165, 1.54) is 57.6 Å². The van der Waals surface area contributed by atoms with Crippen molar-refractivity contribution in [2.24, 2.45) is 56.2 Å². The van der Waals surface area contributed by atoms with Crippen LogP contribution in [-0.2, 0) is 24.3 Å². The van der Waals surface area contributed by atoms with Crippen LogP contribution >= 0.6 is 0 Å². The summed E-state index contributed by atoms with van der Waals surface area (Å²) in [6.07, 6.45) is 15.5. The molecule has 258 valence electrons. The van der Waals surface area contributed by atoms with Crippen LogP contribution in [0.2, 0.25) is 0 Å². The molecule has 5 aliphatic rings. The Kier molecular flexibility index (Phi) is 8.97. The van der Waals surface area contributed by atoms with Gasteiger partial charge in [-0.2, -0.15) is 0 Å². The molecular weight excluding hydrogens is 586 g/mol. The fourth-order valence-electron chi connectivity index (χ4n) is 12.9. The predicted octanol–water partition coefficient (Wildman–Crippen LogP) is 7.93. The molecule has 0 aliphatic heterocycles. The minimum atomic E-state index is -3.16. The quantitative estimate of drug-likeness (QED) is 0.255. The number of ether oxygens (including phenoxy) is 1. The molecule has 9 atom stereocenters. The lowest BCUT2D eigenvalue weighted by Crippen LogP contribution is -2.66. The largest absolute Gasteiger partial charge is 0.481 e. The van der Waals surface area contributed by atoms with Crippen molar-refractivity contribution in [3.8, 4) is 0 Å². The molecule has 0 saturated heterocycles. The fraction of sp³-hybridized carbons (Fsp3) is 0.946. The predicted molar refractivity (Wildman–Crippen MR) is 178 cm³/mol. The van der Waals surface area contributed by atoms with Gasteiger partial charge in [-0.25, -0.2) is 12.7 Å². The highest BCUT2D eigenvalue weighted by atomic mass is 32.2. The molecular formula is C37H63NO6S. The number of carboxylic acids is 1. The van der Waals surface area contributed by atoms with Crippen LogP contribution < -0.4 is 0 Å². The van der Waals surface area contributed by atoms with Gasteiger partial charge in [0.05, 0.1) is 19.1 Å². The molecule has 0 aromatic heterocycles. The maximum atomic E-state index is 13.1. The molecule has 5 fully saturated rings. The topological polar surface area (TPSA) is 101 Å². The third kappa shape index (κ3) is 5.82. The molecule has 0 aromatic rings. The van der Waals surface area contributed by atoms with Gasteiger partial charge in [-0.05, 0) is 121 Å². The van der Waals surface area contributed by atoms with E-state index in [0.717, 1.165) is 25.7 Å². The highest BCUT2D eigenvalue weighted by Gasteiger charge is 2.70. The summed E-state index contributed by atoms with van der Waals surface area (Å²) >= 11 is 0. The molecule has 5 saturated carbocycles. The molecule has 0 heterocycles. The highest BCUT2D eigenvalue weighted by Crippen LogP contribution is 2.77. The first kappa shape index (κ1) is 35.2. The van der Waals surface area contributed by atoms with E-state index >= 15 is 0 Å². The SMILES string of the molecule is CN(CC[C@]12CCC[C@@H]1[C@H]1CCC3[C@@]4(C)CC[C@H](OC(=O)CC(C)(C)CC(=O)O)C(C)(C)C4CC[C@@]3(C)[C@]1(C)CC2)S(C)(=O)=O. The third-order valence-corrected chi connectivity index (χ3v) is 16.8. The van der Waals surface area contributed by atoms with Crippen molar-refractivity contribution >= 4 is 22.0 Å². The summed E-state index contributed by atoms with van der Waals surface area (Å²) in [6, 6.07) is 0. The maximum absolute atomic E-state index is 13.1. The van der Waals surface area contributed by atoms with E-state index in [4.69, 9.17) is 4.74 Å². The van der Waals surface area contributed by atoms with Gasteiger partial charge in [-0.3, -0.25) is 9.59 Å². The lowest BCUT2D eigenvalue weighted by molar-refractivity contribution is -0.249. The zero-order valence-corrected chi connectivity index (χ0v) is 30.7. The number of carbonyl (C=O) groups excluding carboxylic acids is 1. The van der Waals surface area contributed by atoms with E-state index in [9.17, 15) is 23.1 Å². The van der Waals surface area contributed by atoms with Gasteiger partial charge in [0, 0.05) is 19.0 Å². The summed E-state index contributed by atoms with van der Waals surface area (Å²) in [7, 11) is -1.42. The van der Waals surface area contributed by atoms with Crippen molar-refractivity contribution in [3.63, 3.8) is 0 Å². The molecule has 0 spiro atoms. The fourth-order valence-corrected chi connectivity index (χ4v) is 13.4. The van der Waals surface area contributed by atoms with Crippen molar-refractivity contribution in [1.29, 1.82) is 0 Å². The number of fused-ring (bicyclic) bond motifs is 7. The lowest BCUT2D eigenvalue weighted by atomic mass is 9.32. The van der Waals surface area contributed by atoms with Gasteiger partial charge in [-0.1, -0.05) is 54.9 Å². The average molecular weight is 650 g/mol. The smallest absolute Gasteiger partial charge is 0.306 e. The van der Waals surface area contributed by atoms with Gasteiger partial charge in [0.15, 0.2) is 0 Å². The van der Waals surface area contributed by atoms with Crippen LogP contribution in [0.5, 0.6) is 0 Å². The number of rotatable bonds is 9. The van der Waals surface area contributed by atoms with Gasteiger partial charge < -0.3 is 9.84 Å². The van der Waals surface area contributed by atoms with Crippen molar-refractivity contribution in [1.82, 2.24) is 4.31 Å². The molecule has 0 bridgehead atoms. The Balaban J connectivity index is 1.33. The Morgan fingerprint density at radius 2 is 1.53 bits per heavy atom. The number of aliphatic carboxylic acids is 1. The number of sulfonamides is 1. The van der Waals surface area contributed by atoms with E-state index in [1.807, 2.05) is 13.8 Å². The van der Waals surface area contributed by atoms with E-state index < -0.39 is 21.4 Å². The van der Waals surface area contributed by atoms with Gasteiger partial charge in [0.1, 0.15) is 6.10 Å². The molecule has 0 aromatic carbocycles. The van der Waals surface area contributed by atoms with E-state index in [1.54, 1.807) is 11.4 Å².